The topological polar surface area (TPSA) is 58.3 Å². The molecule has 1 saturated carbocycles. The molecule has 78 valence electrons. The summed E-state index contributed by atoms with van der Waals surface area (Å²) in [5.74, 6) is 0.963. The van der Waals surface area contributed by atoms with Crippen LogP contribution >= 0.6 is 0 Å². The van der Waals surface area contributed by atoms with Gasteiger partial charge in [0.15, 0.2) is 0 Å². The zero-order chi connectivity index (χ0) is 10.3. The van der Waals surface area contributed by atoms with Gasteiger partial charge in [0.05, 0.1) is 6.61 Å². The van der Waals surface area contributed by atoms with Crippen molar-refractivity contribution in [3.05, 3.63) is 22.7 Å². The van der Waals surface area contributed by atoms with Crippen LogP contribution in [0.3, 0.4) is 0 Å². The largest absolute Gasteiger partial charge is 0.400 e. The summed E-state index contributed by atoms with van der Waals surface area (Å²) in [6, 6.07) is 0. The zero-order valence-electron chi connectivity index (χ0n) is 8.80. The Balaban J connectivity index is 2.33. The van der Waals surface area contributed by atoms with E-state index in [1.807, 2.05) is 13.8 Å². The molecule has 0 radical (unpaired) electrons. The molecule has 0 amide bonds. The van der Waals surface area contributed by atoms with Crippen LogP contribution in [-0.2, 0) is 0 Å². The molecule has 3 nitrogen and oxygen atoms in total. The summed E-state index contributed by atoms with van der Waals surface area (Å²) < 4.78 is 0. The van der Waals surface area contributed by atoms with E-state index in [9.17, 15) is 5.11 Å². The first-order chi connectivity index (χ1) is 6.65. The van der Waals surface area contributed by atoms with Crippen LogP contribution in [0.5, 0.6) is 0 Å². The Hall–Kier alpha value is -0.960. The number of hydrogen-bond acceptors (Lipinski definition) is 3. The summed E-state index contributed by atoms with van der Waals surface area (Å²) in [5.41, 5.74) is 10.2. The molecule has 14 heavy (non-hydrogen) atoms. The van der Waals surface area contributed by atoms with Crippen molar-refractivity contribution in [2.75, 3.05) is 6.61 Å². The Morgan fingerprint density at radius 2 is 2.00 bits per heavy atom. The molecule has 3 heteroatoms. The van der Waals surface area contributed by atoms with Gasteiger partial charge in [-0.1, -0.05) is 0 Å². The van der Waals surface area contributed by atoms with E-state index in [1.165, 1.54) is 12.8 Å². The molecular formula is C11H18N2O. The Bertz CT molecular complexity index is 313. The van der Waals surface area contributed by atoms with E-state index in [0.29, 0.717) is 11.8 Å². The number of hydrogen-bond donors (Lipinski definition) is 3. The Labute approximate surface area is 84.7 Å². The van der Waals surface area contributed by atoms with E-state index in [2.05, 4.69) is 5.32 Å². The number of nitrogens with one attached hydrogen (secondary N) is 1. The van der Waals surface area contributed by atoms with Crippen molar-refractivity contribution in [1.82, 2.24) is 5.32 Å². The third kappa shape index (κ3) is 1.42. The summed E-state index contributed by atoms with van der Waals surface area (Å²) in [6.07, 6.45) is 2.49. The van der Waals surface area contributed by atoms with Gasteiger partial charge in [0, 0.05) is 23.0 Å². The molecule has 1 atom stereocenters. The van der Waals surface area contributed by atoms with Gasteiger partial charge in [0.25, 0.3) is 0 Å². The van der Waals surface area contributed by atoms with Gasteiger partial charge >= 0.3 is 0 Å². The molecule has 4 N–H and O–H groups in total. The van der Waals surface area contributed by atoms with E-state index in [-0.39, 0.29) is 6.61 Å². The Morgan fingerprint density at radius 1 is 1.36 bits per heavy atom. The van der Waals surface area contributed by atoms with Gasteiger partial charge < -0.3 is 16.2 Å². The van der Waals surface area contributed by atoms with Gasteiger partial charge in [-0.15, -0.1) is 0 Å². The SMILES string of the molecule is CC1=C(N)C(C2CC2)C(CO)=C(C)N1. The van der Waals surface area contributed by atoms with Crippen LogP contribution in [0, 0.1) is 11.8 Å². The van der Waals surface area contributed by atoms with E-state index >= 15 is 0 Å². The molecule has 1 aliphatic carbocycles. The molecule has 0 aromatic heterocycles. The maximum absolute atomic E-state index is 9.34. The lowest BCUT2D eigenvalue weighted by atomic mass is 9.86. The second kappa shape index (κ2) is 3.31. The van der Waals surface area contributed by atoms with Crippen molar-refractivity contribution >= 4 is 0 Å². The van der Waals surface area contributed by atoms with Crippen LogP contribution in [-0.4, -0.2) is 11.7 Å². The lowest BCUT2D eigenvalue weighted by Crippen LogP contribution is -2.31. The molecule has 0 spiro atoms. The lowest BCUT2D eigenvalue weighted by molar-refractivity contribution is 0.308. The van der Waals surface area contributed by atoms with Crippen molar-refractivity contribution < 1.29 is 5.11 Å². The lowest BCUT2D eigenvalue weighted by Gasteiger charge is -2.29. The molecule has 0 saturated heterocycles. The fourth-order valence-corrected chi connectivity index (χ4v) is 2.27. The first kappa shape index (κ1) is 9.59. The number of aliphatic hydroxyl groups is 1. The number of nitrogens with two attached hydrogens (primary N) is 1. The number of aliphatic hydroxyl groups excluding tert-OH is 1. The van der Waals surface area contributed by atoms with Crippen molar-refractivity contribution in [3.8, 4) is 0 Å². The van der Waals surface area contributed by atoms with Gasteiger partial charge in [-0.2, -0.15) is 0 Å². The Kier molecular flexibility index (Phi) is 2.27. The third-order valence-electron chi connectivity index (χ3n) is 3.26. The summed E-state index contributed by atoms with van der Waals surface area (Å²) in [7, 11) is 0. The average Bonchev–Trinajstić information content (AvgIpc) is 2.94. The van der Waals surface area contributed by atoms with Crippen molar-refractivity contribution in [2.45, 2.75) is 26.7 Å². The van der Waals surface area contributed by atoms with Gasteiger partial charge in [-0.05, 0) is 38.2 Å². The van der Waals surface area contributed by atoms with Crippen LogP contribution in [0.25, 0.3) is 0 Å². The predicted octanol–water partition coefficient (Wildman–Crippen LogP) is 1.07. The van der Waals surface area contributed by atoms with Gasteiger partial charge in [-0.3, -0.25) is 0 Å². The van der Waals surface area contributed by atoms with Crippen molar-refractivity contribution in [1.29, 1.82) is 0 Å². The maximum atomic E-state index is 9.34. The second-order valence-electron chi connectivity index (χ2n) is 4.33. The van der Waals surface area contributed by atoms with E-state index in [1.54, 1.807) is 0 Å². The standard InChI is InChI=1S/C11H18N2O/c1-6-9(5-14)10(8-3-4-8)11(12)7(2)13-6/h8,10,13-14H,3-5,12H2,1-2H3. The highest BCUT2D eigenvalue weighted by atomic mass is 16.3. The Morgan fingerprint density at radius 3 is 2.50 bits per heavy atom. The highest BCUT2D eigenvalue weighted by Gasteiger charge is 2.38. The molecule has 1 unspecified atom stereocenters. The molecule has 0 bridgehead atoms. The summed E-state index contributed by atoms with van der Waals surface area (Å²) >= 11 is 0. The van der Waals surface area contributed by atoms with Crippen molar-refractivity contribution in [3.63, 3.8) is 0 Å². The molecule has 1 fully saturated rings. The number of allylic oxidation sites excluding steroid dienone is 3. The minimum atomic E-state index is 0.119. The zero-order valence-corrected chi connectivity index (χ0v) is 8.80. The second-order valence-corrected chi connectivity index (χ2v) is 4.33. The first-order valence-corrected chi connectivity index (χ1v) is 5.19. The molecular weight excluding hydrogens is 176 g/mol. The van der Waals surface area contributed by atoms with Gasteiger partial charge in [-0.25, -0.2) is 0 Å². The van der Waals surface area contributed by atoms with Crippen LogP contribution in [0.1, 0.15) is 26.7 Å². The fraction of sp³-hybridized carbons (Fsp3) is 0.636. The molecule has 0 aromatic rings. The van der Waals surface area contributed by atoms with Gasteiger partial charge in [0.2, 0.25) is 0 Å². The summed E-state index contributed by atoms with van der Waals surface area (Å²) in [4.78, 5) is 0. The quantitative estimate of drug-likeness (QED) is 0.616. The minimum Gasteiger partial charge on any atom is -0.400 e. The predicted molar refractivity (Wildman–Crippen MR) is 56.0 cm³/mol. The van der Waals surface area contributed by atoms with Crippen LogP contribution < -0.4 is 11.1 Å². The summed E-state index contributed by atoms with van der Waals surface area (Å²) in [6.45, 7) is 4.13. The first-order valence-electron chi connectivity index (χ1n) is 5.19. The monoisotopic (exact) mass is 194 g/mol. The molecule has 1 aliphatic heterocycles. The fourth-order valence-electron chi connectivity index (χ4n) is 2.27. The summed E-state index contributed by atoms with van der Waals surface area (Å²) in [5, 5.41) is 12.6. The minimum absolute atomic E-state index is 0.119. The van der Waals surface area contributed by atoms with Crippen LogP contribution in [0.4, 0.5) is 0 Å². The van der Waals surface area contributed by atoms with Crippen LogP contribution in [0.15, 0.2) is 22.7 Å². The normalized spacial score (nSPS) is 28.1. The highest BCUT2D eigenvalue weighted by molar-refractivity contribution is 5.34. The van der Waals surface area contributed by atoms with E-state index in [0.717, 1.165) is 22.7 Å². The number of rotatable bonds is 2. The highest BCUT2D eigenvalue weighted by Crippen LogP contribution is 2.45. The molecule has 2 rings (SSSR count). The average molecular weight is 194 g/mol. The third-order valence-corrected chi connectivity index (χ3v) is 3.26. The van der Waals surface area contributed by atoms with E-state index < -0.39 is 0 Å². The van der Waals surface area contributed by atoms with Gasteiger partial charge in [0.1, 0.15) is 0 Å². The van der Waals surface area contributed by atoms with Crippen molar-refractivity contribution in [2.24, 2.45) is 17.6 Å². The smallest absolute Gasteiger partial charge is 0.0668 e. The maximum Gasteiger partial charge on any atom is 0.0668 e. The van der Waals surface area contributed by atoms with E-state index in [4.69, 9.17) is 5.73 Å². The molecule has 1 heterocycles. The molecule has 2 aliphatic rings. The molecule has 0 aromatic carbocycles. The van der Waals surface area contributed by atoms with Crippen LogP contribution in [0.2, 0.25) is 0 Å². The number of dihydropyridines is 1.